The number of rotatable bonds is 4. The Morgan fingerprint density at radius 1 is 1.40 bits per heavy atom. The van der Waals surface area contributed by atoms with Gasteiger partial charge in [0.15, 0.2) is 0 Å². The van der Waals surface area contributed by atoms with Crippen molar-refractivity contribution >= 4 is 16.0 Å². The zero-order valence-electron chi connectivity index (χ0n) is 11.9. The highest BCUT2D eigenvalue weighted by Gasteiger charge is 2.45. The van der Waals surface area contributed by atoms with E-state index < -0.39 is 26.7 Å². The molecular weight excluding hydrogens is 282 g/mol. The van der Waals surface area contributed by atoms with Crippen LogP contribution in [0.15, 0.2) is 0 Å². The van der Waals surface area contributed by atoms with Gasteiger partial charge in [-0.1, -0.05) is 6.92 Å². The van der Waals surface area contributed by atoms with E-state index in [1.54, 1.807) is 0 Å². The van der Waals surface area contributed by atoms with Crippen LogP contribution < -0.4 is 0 Å². The van der Waals surface area contributed by atoms with Crippen molar-refractivity contribution in [3.63, 3.8) is 0 Å². The summed E-state index contributed by atoms with van der Waals surface area (Å²) in [4.78, 5) is 11.5. The molecule has 0 aromatic rings. The molecular formula is C13H23NO5S. The number of piperidine rings is 1. The molecule has 1 N–H and O–H groups in total. The number of sulfonamides is 1. The maximum absolute atomic E-state index is 12.6. The molecule has 6 nitrogen and oxygen atoms in total. The molecule has 0 radical (unpaired) electrons. The fourth-order valence-corrected chi connectivity index (χ4v) is 5.13. The van der Waals surface area contributed by atoms with Crippen LogP contribution in [0.25, 0.3) is 0 Å². The summed E-state index contributed by atoms with van der Waals surface area (Å²) in [6.45, 7) is 3.30. The predicted octanol–water partition coefficient (Wildman–Crippen LogP) is 1.07. The molecule has 0 saturated carbocycles. The van der Waals surface area contributed by atoms with Gasteiger partial charge in [0.25, 0.3) is 0 Å². The molecule has 116 valence electrons. The average molecular weight is 305 g/mol. The maximum Gasteiger partial charge on any atom is 0.310 e. The van der Waals surface area contributed by atoms with E-state index in [0.717, 1.165) is 0 Å². The second-order valence-corrected chi connectivity index (χ2v) is 7.95. The van der Waals surface area contributed by atoms with Crippen LogP contribution in [-0.2, 0) is 19.6 Å². The van der Waals surface area contributed by atoms with Gasteiger partial charge in [0.1, 0.15) is 0 Å². The topological polar surface area (TPSA) is 83.9 Å². The Morgan fingerprint density at radius 2 is 2.05 bits per heavy atom. The first-order valence-corrected chi connectivity index (χ1v) is 8.73. The molecule has 0 aromatic heterocycles. The van der Waals surface area contributed by atoms with Crippen LogP contribution in [0.1, 0.15) is 39.0 Å². The molecule has 7 heteroatoms. The third-order valence-electron chi connectivity index (χ3n) is 4.62. The number of nitrogens with zero attached hydrogens (tertiary/aromatic N) is 1. The van der Waals surface area contributed by atoms with Crippen molar-refractivity contribution in [1.29, 1.82) is 0 Å². The van der Waals surface area contributed by atoms with Gasteiger partial charge in [-0.2, -0.15) is 0 Å². The lowest BCUT2D eigenvalue weighted by Crippen LogP contribution is -2.52. The van der Waals surface area contributed by atoms with Crippen LogP contribution >= 0.6 is 0 Å². The molecule has 2 aliphatic heterocycles. The fraction of sp³-hybridized carbons (Fsp3) is 0.923. The predicted molar refractivity (Wildman–Crippen MR) is 73.9 cm³/mol. The minimum absolute atomic E-state index is 0.110. The number of ether oxygens (including phenoxy) is 1. The van der Waals surface area contributed by atoms with E-state index >= 15 is 0 Å². The van der Waals surface area contributed by atoms with Crippen molar-refractivity contribution in [2.75, 3.05) is 26.3 Å². The molecule has 1 unspecified atom stereocenters. The van der Waals surface area contributed by atoms with E-state index in [2.05, 4.69) is 0 Å². The molecule has 0 aliphatic carbocycles. The van der Waals surface area contributed by atoms with Crippen molar-refractivity contribution in [3.05, 3.63) is 0 Å². The summed E-state index contributed by atoms with van der Waals surface area (Å²) < 4.78 is 31.9. The lowest BCUT2D eigenvalue weighted by Gasteiger charge is -2.40. The highest BCUT2D eigenvalue weighted by atomic mass is 32.2. The first kappa shape index (κ1) is 15.7. The fourth-order valence-electron chi connectivity index (χ4n) is 3.11. The van der Waals surface area contributed by atoms with Gasteiger partial charge in [0.2, 0.25) is 10.0 Å². The van der Waals surface area contributed by atoms with Gasteiger partial charge in [-0.05, 0) is 32.1 Å². The zero-order chi connectivity index (χ0) is 14.8. The molecule has 0 spiro atoms. The van der Waals surface area contributed by atoms with Crippen molar-refractivity contribution < 1.29 is 23.1 Å². The minimum Gasteiger partial charge on any atom is -0.481 e. The second-order valence-electron chi connectivity index (χ2n) is 5.73. The summed E-state index contributed by atoms with van der Waals surface area (Å²) in [5.41, 5.74) is -0.920. The van der Waals surface area contributed by atoms with Gasteiger partial charge in [0, 0.05) is 26.3 Å². The number of carboxylic acid groups (broad SMARTS) is 1. The molecule has 2 saturated heterocycles. The quantitative estimate of drug-likeness (QED) is 0.840. The van der Waals surface area contributed by atoms with E-state index in [0.29, 0.717) is 51.9 Å². The molecule has 2 rings (SSSR count). The second kappa shape index (κ2) is 5.99. The SMILES string of the molecule is CCC1(C(=O)O)CCCN(S(=O)(=O)C2CCOCC2)C1. The lowest BCUT2D eigenvalue weighted by molar-refractivity contribution is -0.151. The number of carboxylic acids is 1. The van der Waals surface area contributed by atoms with Crippen molar-refractivity contribution in [3.8, 4) is 0 Å². The number of hydrogen-bond donors (Lipinski definition) is 1. The third-order valence-corrected chi connectivity index (χ3v) is 6.97. The first-order chi connectivity index (χ1) is 9.42. The van der Waals surface area contributed by atoms with E-state index in [-0.39, 0.29) is 6.54 Å². The van der Waals surface area contributed by atoms with Crippen LogP contribution in [0.5, 0.6) is 0 Å². The number of carbonyl (C=O) groups is 1. The monoisotopic (exact) mass is 305 g/mol. The van der Waals surface area contributed by atoms with Crippen LogP contribution in [0.2, 0.25) is 0 Å². The smallest absolute Gasteiger partial charge is 0.310 e. The molecule has 0 aromatic carbocycles. The summed E-state index contributed by atoms with van der Waals surface area (Å²) in [6.07, 6.45) is 2.64. The zero-order valence-corrected chi connectivity index (χ0v) is 12.7. The van der Waals surface area contributed by atoms with Gasteiger partial charge >= 0.3 is 5.97 Å². The first-order valence-electron chi connectivity index (χ1n) is 7.22. The van der Waals surface area contributed by atoms with Crippen LogP contribution in [0.3, 0.4) is 0 Å². The van der Waals surface area contributed by atoms with Gasteiger partial charge in [-0.25, -0.2) is 12.7 Å². The highest BCUT2D eigenvalue weighted by Crippen LogP contribution is 2.36. The highest BCUT2D eigenvalue weighted by molar-refractivity contribution is 7.89. The molecule has 2 fully saturated rings. The summed E-state index contributed by atoms with van der Waals surface area (Å²) in [5, 5.41) is 9.02. The van der Waals surface area contributed by atoms with Crippen LogP contribution in [0.4, 0.5) is 0 Å². The molecule has 0 bridgehead atoms. The summed E-state index contributed by atoms with van der Waals surface area (Å²) >= 11 is 0. The van der Waals surface area contributed by atoms with Gasteiger partial charge < -0.3 is 9.84 Å². The summed E-state index contributed by atoms with van der Waals surface area (Å²) in [7, 11) is -3.41. The minimum atomic E-state index is -3.41. The van der Waals surface area contributed by atoms with Gasteiger partial charge in [-0.15, -0.1) is 0 Å². The Bertz CT molecular complexity index is 457. The third kappa shape index (κ3) is 2.84. The standard InChI is InChI=1S/C13H23NO5S/c1-2-13(12(15)16)6-3-7-14(10-13)20(17,18)11-4-8-19-9-5-11/h11H,2-10H2,1H3,(H,15,16). The molecule has 2 heterocycles. The Balaban J connectivity index is 2.17. The van der Waals surface area contributed by atoms with Crippen molar-refractivity contribution in [1.82, 2.24) is 4.31 Å². The largest absolute Gasteiger partial charge is 0.481 e. The normalized spacial score (nSPS) is 30.2. The molecule has 20 heavy (non-hydrogen) atoms. The van der Waals surface area contributed by atoms with Crippen LogP contribution in [0, 0.1) is 5.41 Å². The maximum atomic E-state index is 12.6. The number of hydrogen-bond acceptors (Lipinski definition) is 4. The Morgan fingerprint density at radius 3 is 2.60 bits per heavy atom. The molecule has 2 aliphatic rings. The van der Waals surface area contributed by atoms with Gasteiger partial charge in [0.05, 0.1) is 10.7 Å². The summed E-state index contributed by atoms with van der Waals surface area (Å²) in [5.74, 6) is -0.883. The van der Waals surface area contributed by atoms with E-state index in [4.69, 9.17) is 4.74 Å². The molecule has 0 amide bonds. The Kier molecular flexibility index (Phi) is 4.71. The van der Waals surface area contributed by atoms with Crippen molar-refractivity contribution in [2.45, 2.75) is 44.3 Å². The lowest BCUT2D eigenvalue weighted by atomic mass is 9.78. The Hall–Kier alpha value is -0.660. The Labute approximate surface area is 120 Å². The van der Waals surface area contributed by atoms with E-state index in [9.17, 15) is 18.3 Å². The van der Waals surface area contributed by atoms with Crippen LogP contribution in [-0.4, -0.2) is 55.4 Å². The van der Waals surface area contributed by atoms with Gasteiger partial charge in [-0.3, -0.25) is 4.79 Å². The average Bonchev–Trinajstić information content (AvgIpc) is 2.48. The van der Waals surface area contributed by atoms with Crippen molar-refractivity contribution in [2.24, 2.45) is 5.41 Å². The summed E-state index contributed by atoms with van der Waals surface area (Å²) in [6, 6.07) is 0. The number of aliphatic carboxylic acids is 1. The van der Waals surface area contributed by atoms with E-state index in [1.165, 1.54) is 4.31 Å². The molecule has 1 atom stereocenters. The van der Waals surface area contributed by atoms with E-state index in [1.807, 2.05) is 6.92 Å².